The summed E-state index contributed by atoms with van der Waals surface area (Å²) in [6, 6.07) is 0. The van der Waals surface area contributed by atoms with Crippen LogP contribution in [-0.2, 0) is 96.3 Å². The Balaban J connectivity index is 0.796. The quantitative estimate of drug-likeness (QED) is 0.0464. The van der Waals surface area contributed by atoms with Crippen LogP contribution in [0, 0.1) is 0 Å². The van der Waals surface area contributed by atoms with Gasteiger partial charge < -0.3 is 81.9 Å². The molecule has 0 radical (unpaired) electrons. The highest BCUT2D eigenvalue weighted by Crippen LogP contribution is 2.72. The highest BCUT2D eigenvalue weighted by atomic mass is 31.2. The number of phosphoric ester groups is 4. The molecule has 5 aliphatic rings. The number of imidazole rings is 4. The highest BCUT2D eigenvalue weighted by Gasteiger charge is 2.80. The number of anilines is 4. The van der Waals surface area contributed by atoms with Gasteiger partial charge in [0.05, 0.1) is 51.7 Å². The fraction of sp³-hybridized carbons (Fsp3) is 0.615. The van der Waals surface area contributed by atoms with Crippen molar-refractivity contribution in [1.29, 1.82) is 0 Å². The monoisotopic (exact) mass is 1480 g/mol. The molecular weight excluding hydrogens is 1410 g/mol. The molecule has 0 aromatic carbocycles. The molecule has 0 amide bonds. The lowest BCUT2D eigenvalue weighted by molar-refractivity contribution is -0.184. The van der Waals surface area contributed by atoms with E-state index in [1.54, 1.807) is 0 Å². The summed E-state index contributed by atoms with van der Waals surface area (Å²) in [6.45, 7) is 10.5. The van der Waals surface area contributed by atoms with Crippen LogP contribution >= 0.6 is 31.3 Å². The van der Waals surface area contributed by atoms with Gasteiger partial charge in [-0.25, -0.2) is 78.1 Å². The fourth-order valence-electron chi connectivity index (χ4n) is 14.3. The average molecular weight is 1490 g/mol. The maximum atomic E-state index is 15.1. The Morgan fingerprint density at radius 1 is 0.440 bits per heavy atom. The molecule has 0 bridgehead atoms. The van der Waals surface area contributed by atoms with Crippen LogP contribution in [0.25, 0.3) is 44.7 Å². The van der Waals surface area contributed by atoms with Crippen LogP contribution < -0.4 is 22.9 Å². The van der Waals surface area contributed by atoms with Gasteiger partial charge in [-0.3, -0.25) is 54.5 Å². The Bertz CT molecular complexity index is 4860. The van der Waals surface area contributed by atoms with E-state index in [4.69, 9.17) is 78.1 Å². The standard InChI is InChI=1S/C52H72N20O24P4/c1-41(74)25(13-73)88-49(9,69-21-65-29-33(53)57-17-61-37(29)69)45(41,5)93-97(77,78)85-14-26-42(2,75)46(6,50(10,89-26)70-22-66-30-34(54)58-18-62-38(30)70)94-98(79,80)86-15-27-43(3,76)47(7,51(11,90-27)71-23-67-31-35(55)59-19-63-39(31)71)95-99(81,82)87-16-28-44(4)48(8,96-100(83,84)92-44)52(12,91-28)72-24-68-32-36(56)60-20-64-40(32)72/h17-28,73-76H,13-16H2,1-12H3,(H,77,78)(H,79,80)(H,81,82)(H,83,84)(H2,53,57,61)(H2,54,58,62)(H2,55,59,63)(H2,56,60,64)/t25-,26-,27-,28-,41-,42-,43-,44-,45-,46-,47-,48-,49-,50-,51-,52-/m1/s1. The number of nitrogen functional groups attached to an aromatic ring is 4. The van der Waals surface area contributed by atoms with E-state index in [0.717, 1.165) is 74.8 Å². The zero-order valence-electron chi connectivity index (χ0n) is 55.1. The SMILES string of the molecule is C[C@]1(OP(=O)(O)OC[C@H]2O[C@@](C)(n3cnc4c(N)ncnc43)[C@](C)(OP(=O)(O)OC[C@H]3O[C@@](C)(n4cnc5c(N)ncnc54)[C@](C)(OP(=O)(O)OC[C@H]4O[C@@](C)(n5cnc6c(N)ncnc65)[C@]5(C)OP(=O)(O)O[C@]45C)[C@]3(C)O)[C@]2(C)O)[C@](C)(n2cnc3c(N)ncnc32)O[C@H](CO)[C@@]1(C)O. The minimum absolute atomic E-state index is 0.0218. The molecule has 48 heteroatoms. The van der Waals surface area contributed by atoms with E-state index in [2.05, 4.69) is 59.8 Å². The normalized spacial score (nSPS) is 40.0. The maximum absolute atomic E-state index is 15.1. The van der Waals surface area contributed by atoms with Gasteiger partial charge in [-0.15, -0.1) is 0 Å². The van der Waals surface area contributed by atoms with E-state index in [1.165, 1.54) is 77.2 Å². The third-order valence-electron chi connectivity index (χ3n) is 21.5. The first kappa shape index (κ1) is 71.9. The Morgan fingerprint density at radius 3 is 1.02 bits per heavy atom. The van der Waals surface area contributed by atoms with Crippen molar-refractivity contribution in [2.75, 3.05) is 49.4 Å². The number of fused-ring (bicyclic) bond motifs is 5. The second kappa shape index (κ2) is 22.5. The molecule has 0 spiro atoms. The van der Waals surface area contributed by atoms with Gasteiger partial charge in [-0.05, 0) is 83.1 Å². The summed E-state index contributed by atoms with van der Waals surface area (Å²) in [5.41, 5.74) is -3.62. The van der Waals surface area contributed by atoms with Crippen LogP contribution in [0.5, 0.6) is 0 Å². The highest BCUT2D eigenvalue weighted by molar-refractivity contribution is 7.48. The molecule has 44 nitrogen and oxygen atoms in total. The lowest BCUT2D eigenvalue weighted by Crippen LogP contribution is -2.62. The number of aromatic nitrogens is 16. The van der Waals surface area contributed by atoms with E-state index in [-0.39, 0.29) is 67.9 Å². The smallest absolute Gasteiger partial charge is 0.394 e. The third-order valence-corrected chi connectivity index (χ3v) is 25.9. The van der Waals surface area contributed by atoms with Gasteiger partial charge in [0.25, 0.3) is 0 Å². The van der Waals surface area contributed by atoms with Gasteiger partial charge in [0.15, 0.2) is 91.2 Å². The molecule has 0 aliphatic carbocycles. The van der Waals surface area contributed by atoms with Crippen LogP contribution in [0.3, 0.4) is 0 Å². The third kappa shape index (κ3) is 9.88. The number of aliphatic hydroxyl groups excluding tert-OH is 1. The molecule has 0 saturated carbocycles. The molecule has 8 aromatic rings. The Morgan fingerprint density at radius 2 is 0.710 bits per heavy atom. The summed E-state index contributed by atoms with van der Waals surface area (Å²) in [7, 11) is -22.2. The molecule has 5 saturated heterocycles. The second-order valence-electron chi connectivity index (χ2n) is 26.6. The lowest BCUT2D eigenvalue weighted by Gasteiger charge is -2.45. The fourth-order valence-corrected chi connectivity index (χ4v) is 19.5. The first-order valence-electron chi connectivity index (χ1n) is 30.2. The largest absolute Gasteiger partial charge is 0.473 e. The Labute approximate surface area is 564 Å². The van der Waals surface area contributed by atoms with Crippen LogP contribution in [-0.4, -0.2) is 214 Å². The topological polar surface area (TPSA) is 619 Å². The molecular formula is C52H72N20O24P4. The van der Waals surface area contributed by atoms with Gasteiger partial charge in [0.2, 0.25) is 0 Å². The Kier molecular flexibility index (Phi) is 16.2. The number of ether oxygens (including phenoxy) is 4. The molecule has 100 heavy (non-hydrogen) atoms. The summed E-state index contributed by atoms with van der Waals surface area (Å²) in [5.74, 6) is -0.374. The lowest BCUT2D eigenvalue weighted by atomic mass is 9.78. The minimum atomic E-state index is -5.86. The van der Waals surface area contributed by atoms with Crippen LogP contribution in [0.15, 0.2) is 50.6 Å². The molecule has 16 N–H and O–H groups in total. The predicted octanol–water partition coefficient (Wildman–Crippen LogP) is 0.548. The van der Waals surface area contributed by atoms with Crippen molar-refractivity contribution in [2.45, 2.75) is 175 Å². The first-order valence-corrected chi connectivity index (χ1v) is 36.2. The van der Waals surface area contributed by atoms with E-state index in [0.29, 0.717) is 0 Å². The van der Waals surface area contributed by atoms with Crippen molar-refractivity contribution in [3.05, 3.63) is 50.6 Å². The molecule has 5 aliphatic heterocycles. The van der Waals surface area contributed by atoms with Gasteiger partial charge in [0.1, 0.15) is 94.2 Å². The number of nitrogens with zero attached hydrogens (tertiary/aromatic N) is 16. The molecule has 4 unspecified atom stereocenters. The summed E-state index contributed by atoms with van der Waals surface area (Å²) < 4.78 is 135. The van der Waals surface area contributed by atoms with Crippen LogP contribution in [0.2, 0.25) is 0 Å². The van der Waals surface area contributed by atoms with Crippen LogP contribution in [0.4, 0.5) is 23.3 Å². The number of nitrogens with two attached hydrogens (primary N) is 4. The van der Waals surface area contributed by atoms with E-state index < -0.39 is 150 Å². The van der Waals surface area contributed by atoms with Gasteiger partial charge in [-0.2, -0.15) is 0 Å². The number of phosphoric acid groups is 4. The van der Waals surface area contributed by atoms with E-state index >= 15 is 4.57 Å². The summed E-state index contributed by atoms with van der Waals surface area (Å²) in [5, 5.41) is 48.7. The predicted molar refractivity (Wildman–Crippen MR) is 337 cm³/mol. The number of rotatable bonds is 20. The first-order chi connectivity index (χ1) is 46.1. The molecule has 20 atom stereocenters. The Hall–Kier alpha value is -6.48. The van der Waals surface area contributed by atoms with E-state index in [9.17, 15) is 53.7 Å². The number of hydrogen-bond donors (Lipinski definition) is 12. The van der Waals surface area contributed by atoms with Gasteiger partial charge in [0, 0.05) is 0 Å². The van der Waals surface area contributed by atoms with Crippen molar-refractivity contribution in [1.82, 2.24) is 78.1 Å². The zero-order valence-corrected chi connectivity index (χ0v) is 58.7. The molecule has 13 heterocycles. The molecule has 544 valence electrons. The summed E-state index contributed by atoms with van der Waals surface area (Å²) in [4.78, 5) is 97.1. The van der Waals surface area contributed by atoms with Crippen molar-refractivity contribution in [3.8, 4) is 0 Å². The van der Waals surface area contributed by atoms with Gasteiger partial charge >= 0.3 is 31.3 Å². The minimum Gasteiger partial charge on any atom is -0.394 e. The number of hydrogen-bond acceptors (Lipinski definition) is 36. The van der Waals surface area contributed by atoms with Crippen molar-refractivity contribution >= 4 is 99.2 Å². The maximum Gasteiger partial charge on any atom is 0.473 e. The van der Waals surface area contributed by atoms with Crippen molar-refractivity contribution in [2.24, 2.45) is 0 Å². The van der Waals surface area contributed by atoms with Crippen molar-refractivity contribution < 1.29 is 113 Å². The average Bonchev–Trinajstić information content (AvgIpc) is 1.52. The summed E-state index contributed by atoms with van der Waals surface area (Å²) >= 11 is 0. The van der Waals surface area contributed by atoms with E-state index in [1.807, 2.05) is 0 Å². The second-order valence-corrected chi connectivity index (χ2v) is 32.1. The zero-order chi connectivity index (χ0) is 73.0. The van der Waals surface area contributed by atoms with Crippen molar-refractivity contribution in [3.63, 3.8) is 0 Å². The molecule has 8 aromatic heterocycles. The number of aliphatic hydroxyl groups is 4. The van der Waals surface area contributed by atoms with Crippen LogP contribution in [0.1, 0.15) is 83.1 Å². The summed E-state index contributed by atoms with van der Waals surface area (Å²) in [6.07, 6.45) is 2.03. The van der Waals surface area contributed by atoms with Gasteiger partial charge in [-0.1, -0.05) is 0 Å². The molecule has 5 fully saturated rings. The molecule has 13 rings (SSSR count).